The zero-order valence-corrected chi connectivity index (χ0v) is 12.8. The molecule has 0 aliphatic carbocycles. The molecule has 0 radical (unpaired) electrons. The normalized spacial score (nSPS) is 19.9. The molecule has 98 valence electrons. The lowest BCUT2D eigenvalue weighted by atomic mass is 9.99. The minimum absolute atomic E-state index is 0.218. The summed E-state index contributed by atoms with van der Waals surface area (Å²) in [5, 5.41) is 0.679. The van der Waals surface area contributed by atoms with Gasteiger partial charge in [0.2, 0.25) is 5.91 Å². The fourth-order valence-electron chi connectivity index (χ4n) is 2.35. The predicted molar refractivity (Wildman–Crippen MR) is 77.8 cm³/mol. The summed E-state index contributed by atoms with van der Waals surface area (Å²) in [4.78, 5) is 14.2. The molecule has 2 rings (SSSR count). The summed E-state index contributed by atoms with van der Waals surface area (Å²) in [5.74, 6) is 0.843. The van der Waals surface area contributed by atoms with Gasteiger partial charge in [0.15, 0.2) is 0 Å². The molecule has 0 aromatic heterocycles. The third-order valence-corrected chi connectivity index (χ3v) is 4.56. The highest BCUT2D eigenvalue weighted by Gasteiger charge is 2.20. The molecule has 0 N–H and O–H groups in total. The van der Waals surface area contributed by atoms with Gasteiger partial charge in [0.25, 0.3) is 0 Å². The van der Waals surface area contributed by atoms with E-state index in [9.17, 15) is 4.79 Å². The quantitative estimate of drug-likeness (QED) is 0.805. The molecule has 18 heavy (non-hydrogen) atoms. The third kappa shape index (κ3) is 3.48. The molecule has 2 nitrogen and oxygen atoms in total. The van der Waals surface area contributed by atoms with E-state index in [0.717, 1.165) is 29.5 Å². The molecule has 1 aromatic rings. The van der Waals surface area contributed by atoms with Crippen LogP contribution in [0.25, 0.3) is 0 Å². The standard InChI is InChI=1S/C14H17BrClNO/c1-10-3-2-6-17(9-10)14(18)8-11-4-5-13(16)12(15)7-11/h4-5,7,10H,2-3,6,8-9H2,1H3. The van der Waals surface area contributed by atoms with Gasteiger partial charge >= 0.3 is 0 Å². The van der Waals surface area contributed by atoms with Crippen molar-refractivity contribution < 1.29 is 4.79 Å². The first-order chi connectivity index (χ1) is 8.56. The van der Waals surface area contributed by atoms with E-state index in [-0.39, 0.29) is 5.91 Å². The molecule has 1 atom stereocenters. The smallest absolute Gasteiger partial charge is 0.226 e. The number of rotatable bonds is 2. The topological polar surface area (TPSA) is 20.3 Å². The van der Waals surface area contributed by atoms with Gasteiger partial charge in [0.1, 0.15) is 0 Å². The summed E-state index contributed by atoms with van der Waals surface area (Å²) < 4.78 is 0.849. The minimum atomic E-state index is 0.218. The lowest BCUT2D eigenvalue weighted by Gasteiger charge is -2.31. The Kier molecular flexibility index (Phi) is 4.68. The Morgan fingerprint density at radius 2 is 2.33 bits per heavy atom. The van der Waals surface area contributed by atoms with Crippen LogP contribution in [-0.2, 0) is 11.2 Å². The SMILES string of the molecule is CC1CCCN(C(=O)Cc2ccc(Cl)c(Br)c2)C1. The van der Waals surface area contributed by atoms with Crippen LogP contribution >= 0.6 is 27.5 Å². The second-order valence-electron chi connectivity index (χ2n) is 5.01. The fourth-order valence-corrected chi connectivity index (χ4v) is 2.90. The highest BCUT2D eigenvalue weighted by molar-refractivity contribution is 9.10. The molecule has 4 heteroatoms. The predicted octanol–water partition coefficient (Wildman–Crippen LogP) is 3.90. The van der Waals surface area contributed by atoms with Gasteiger partial charge in [0, 0.05) is 17.6 Å². The zero-order valence-electron chi connectivity index (χ0n) is 10.5. The van der Waals surface area contributed by atoms with E-state index in [0.29, 0.717) is 17.4 Å². The lowest BCUT2D eigenvalue weighted by molar-refractivity contribution is -0.132. The maximum Gasteiger partial charge on any atom is 0.226 e. The van der Waals surface area contributed by atoms with E-state index in [1.165, 1.54) is 6.42 Å². The first kappa shape index (κ1) is 13.9. The summed E-state index contributed by atoms with van der Waals surface area (Å²) >= 11 is 9.33. The Morgan fingerprint density at radius 1 is 1.56 bits per heavy atom. The molecule has 1 aliphatic heterocycles. The number of halogens is 2. The van der Waals surface area contributed by atoms with Gasteiger partial charge in [-0.2, -0.15) is 0 Å². The van der Waals surface area contributed by atoms with Crippen LogP contribution in [0.2, 0.25) is 5.02 Å². The van der Waals surface area contributed by atoms with E-state index < -0.39 is 0 Å². The maximum absolute atomic E-state index is 12.2. The monoisotopic (exact) mass is 329 g/mol. The first-order valence-corrected chi connectivity index (χ1v) is 7.45. The lowest BCUT2D eigenvalue weighted by Crippen LogP contribution is -2.39. The van der Waals surface area contributed by atoms with E-state index in [1.807, 2.05) is 23.1 Å². The summed E-state index contributed by atoms with van der Waals surface area (Å²) in [5.41, 5.74) is 1.01. The number of likely N-dealkylation sites (tertiary alicyclic amines) is 1. The number of piperidine rings is 1. The Labute approximate surface area is 121 Å². The summed E-state index contributed by atoms with van der Waals surface area (Å²) in [7, 11) is 0. The largest absolute Gasteiger partial charge is 0.342 e. The molecule has 1 heterocycles. The molecule has 0 bridgehead atoms. The van der Waals surface area contributed by atoms with E-state index >= 15 is 0 Å². The van der Waals surface area contributed by atoms with E-state index in [4.69, 9.17) is 11.6 Å². The van der Waals surface area contributed by atoms with Crippen LogP contribution in [0, 0.1) is 5.92 Å². The third-order valence-electron chi connectivity index (χ3n) is 3.35. The van der Waals surface area contributed by atoms with Crippen LogP contribution in [0.15, 0.2) is 22.7 Å². The number of hydrogen-bond donors (Lipinski definition) is 0. The molecule has 0 saturated carbocycles. The highest BCUT2D eigenvalue weighted by atomic mass is 79.9. The number of amides is 1. The van der Waals surface area contributed by atoms with Gasteiger partial charge in [-0.1, -0.05) is 24.6 Å². The first-order valence-electron chi connectivity index (χ1n) is 6.28. The summed E-state index contributed by atoms with van der Waals surface area (Å²) in [6.45, 7) is 4.00. The van der Waals surface area contributed by atoms with Crippen molar-refractivity contribution in [3.05, 3.63) is 33.3 Å². The number of benzene rings is 1. The van der Waals surface area contributed by atoms with Gasteiger partial charge < -0.3 is 4.90 Å². The van der Waals surface area contributed by atoms with Crippen LogP contribution in [-0.4, -0.2) is 23.9 Å². The Bertz CT molecular complexity index is 449. The zero-order chi connectivity index (χ0) is 13.1. The van der Waals surface area contributed by atoms with E-state index in [2.05, 4.69) is 22.9 Å². The van der Waals surface area contributed by atoms with Gasteiger partial charge in [-0.25, -0.2) is 0 Å². The molecular formula is C14H17BrClNO. The second-order valence-corrected chi connectivity index (χ2v) is 6.27. The molecule has 1 aromatic carbocycles. The molecule has 1 saturated heterocycles. The fraction of sp³-hybridized carbons (Fsp3) is 0.500. The van der Waals surface area contributed by atoms with E-state index in [1.54, 1.807) is 0 Å². The molecule has 1 unspecified atom stereocenters. The average molecular weight is 331 g/mol. The number of carbonyl (C=O) groups is 1. The number of nitrogens with zero attached hydrogens (tertiary/aromatic N) is 1. The second kappa shape index (κ2) is 6.07. The Hall–Kier alpha value is -0.540. The van der Waals surface area contributed by atoms with Crippen molar-refractivity contribution in [2.45, 2.75) is 26.2 Å². The number of carbonyl (C=O) groups excluding carboxylic acids is 1. The van der Waals surface area contributed by atoms with Crippen molar-refractivity contribution in [1.29, 1.82) is 0 Å². The Morgan fingerprint density at radius 3 is 3.00 bits per heavy atom. The molecule has 1 fully saturated rings. The van der Waals surface area contributed by atoms with Gasteiger partial charge in [-0.05, 0) is 52.4 Å². The molecular weight excluding hydrogens is 314 g/mol. The molecule has 1 aliphatic rings. The van der Waals surface area contributed by atoms with Crippen LogP contribution < -0.4 is 0 Å². The van der Waals surface area contributed by atoms with Crippen molar-refractivity contribution >= 4 is 33.4 Å². The van der Waals surface area contributed by atoms with Crippen LogP contribution in [0.1, 0.15) is 25.3 Å². The van der Waals surface area contributed by atoms with Crippen molar-refractivity contribution in [2.75, 3.05) is 13.1 Å². The summed E-state index contributed by atoms with van der Waals surface area (Å²) in [6.07, 6.45) is 2.82. The molecule has 1 amide bonds. The van der Waals surface area contributed by atoms with Crippen LogP contribution in [0.5, 0.6) is 0 Å². The van der Waals surface area contributed by atoms with Gasteiger partial charge in [-0.3, -0.25) is 4.79 Å². The highest BCUT2D eigenvalue weighted by Crippen LogP contribution is 2.24. The minimum Gasteiger partial charge on any atom is -0.342 e. The van der Waals surface area contributed by atoms with Gasteiger partial charge in [0.05, 0.1) is 11.4 Å². The number of hydrogen-bond acceptors (Lipinski definition) is 1. The van der Waals surface area contributed by atoms with Crippen molar-refractivity contribution in [3.8, 4) is 0 Å². The van der Waals surface area contributed by atoms with Crippen molar-refractivity contribution in [1.82, 2.24) is 4.90 Å². The van der Waals surface area contributed by atoms with Crippen molar-refractivity contribution in [3.63, 3.8) is 0 Å². The Balaban J connectivity index is 2.00. The van der Waals surface area contributed by atoms with Crippen LogP contribution in [0.4, 0.5) is 0 Å². The average Bonchev–Trinajstić information content (AvgIpc) is 2.34. The van der Waals surface area contributed by atoms with Crippen LogP contribution in [0.3, 0.4) is 0 Å². The summed E-state index contributed by atoms with van der Waals surface area (Å²) in [6, 6.07) is 5.67. The van der Waals surface area contributed by atoms with Gasteiger partial charge in [-0.15, -0.1) is 0 Å². The molecule has 0 spiro atoms. The van der Waals surface area contributed by atoms with Crippen molar-refractivity contribution in [2.24, 2.45) is 5.92 Å². The maximum atomic E-state index is 12.2.